The molecule has 0 spiro atoms. The van der Waals surface area contributed by atoms with Crippen LogP contribution in [0.25, 0.3) is 0 Å². The van der Waals surface area contributed by atoms with E-state index >= 15 is 8.78 Å². The number of hydrogen-bond donors (Lipinski definition) is 2. The summed E-state index contributed by atoms with van der Waals surface area (Å²) < 4.78 is 69.1. The van der Waals surface area contributed by atoms with Crippen molar-refractivity contribution in [3.8, 4) is 0 Å². The molecule has 0 radical (unpaired) electrons. The molecule has 2 aromatic carbocycles. The topological polar surface area (TPSA) is 67.9 Å². The number of carbonyl (C=O) groups excluding carboxylic acids is 2. The van der Waals surface area contributed by atoms with Gasteiger partial charge >= 0.3 is 6.18 Å². The molecule has 2 amide bonds. The third kappa shape index (κ3) is 10.3. The Balaban J connectivity index is 1.42. The first-order valence-corrected chi connectivity index (χ1v) is 16.3. The highest BCUT2D eigenvalue weighted by Crippen LogP contribution is 2.33. The summed E-state index contributed by atoms with van der Waals surface area (Å²) in [4.78, 5) is 31.5. The van der Waals surface area contributed by atoms with Crippen molar-refractivity contribution in [2.75, 3.05) is 56.0 Å². The summed E-state index contributed by atoms with van der Waals surface area (Å²) in [5.74, 6) is -3.44. The molecule has 2 saturated heterocycles. The Morgan fingerprint density at radius 3 is 2.41 bits per heavy atom. The van der Waals surface area contributed by atoms with Gasteiger partial charge in [-0.25, -0.2) is 8.78 Å². The quantitative estimate of drug-likeness (QED) is 0.242. The maximum absolute atomic E-state index is 15.1. The van der Waals surface area contributed by atoms with Gasteiger partial charge in [0.1, 0.15) is 0 Å². The molecule has 254 valence electrons. The molecule has 0 saturated carbocycles. The Morgan fingerprint density at radius 2 is 1.72 bits per heavy atom. The molecule has 0 bridgehead atoms. The second kappa shape index (κ2) is 16.2. The van der Waals surface area contributed by atoms with Crippen molar-refractivity contribution in [3.63, 3.8) is 0 Å². The summed E-state index contributed by atoms with van der Waals surface area (Å²) in [6.07, 6.45) is -0.814. The van der Waals surface area contributed by atoms with Crippen LogP contribution in [-0.2, 0) is 11.3 Å². The lowest BCUT2D eigenvalue weighted by Crippen LogP contribution is -2.54. The van der Waals surface area contributed by atoms with Crippen LogP contribution in [-0.4, -0.2) is 79.6 Å². The number of amides is 2. The Hall–Kier alpha value is -2.96. The molecule has 2 aliphatic heterocycles. The van der Waals surface area contributed by atoms with E-state index < -0.39 is 35.7 Å². The summed E-state index contributed by atoms with van der Waals surface area (Å²) in [6, 6.07) is 7.05. The Labute approximate surface area is 272 Å². The Kier molecular flexibility index (Phi) is 12.7. The number of nitrogens with one attached hydrogen (secondary N) is 2. The minimum absolute atomic E-state index is 0.0767. The summed E-state index contributed by atoms with van der Waals surface area (Å²) >= 11 is 6.30. The summed E-state index contributed by atoms with van der Waals surface area (Å²) in [5.41, 5.74) is 0.265. The molecule has 7 nitrogen and oxygen atoms in total. The molecule has 0 aromatic heterocycles. The van der Waals surface area contributed by atoms with Gasteiger partial charge in [-0.1, -0.05) is 37.9 Å². The fourth-order valence-corrected chi connectivity index (χ4v) is 6.30. The van der Waals surface area contributed by atoms with Crippen LogP contribution in [0.4, 0.5) is 33.3 Å². The van der Waals surface area contributed by atoms with E-state index in [0.29, 0.717) is 49.0 Å². The lowest BCUT2D eigenvalue weighted by Gasteiger charge is -2.43. The predicted octanol–water partition coefficient (Wildman–Crippen LogP) is 6.85. The highest BCUT2D eigenvalue weighted by Gasteiger charge is 2.33. The molecule has 2 fully saturated rings. The maximum atomic E-state index is 15.1. The van der Waals surface area contributed by atoms with Gasteiger partial charge in [0.15, 0.2) is 11.6 Å². The molecule has 2 N–H and O–H groups in total. The van der Waals surface area contributed by atoms with Crippen LogP contribution in [0.2, 0.25) is 5.02 Å². The summed E-state index contributed by atoms with van der Waals surface area (Å²) in [6.45, 7) is 7.39. The maximum Gasteiger partial charge on any atom is 0.390 e. The number of piperazine rings is 1. The standard InChI is InChI=1S/C33H43ClF5N5O2/c1-22(2)18-25-21-44(17-16-43(25)15-11-33(37,38)39)28-19-24(34)7-9-27(28)41-32(46)26-8-6-23(30(35)31(26)36)20-40-29(45)10-14-42-12-4-3-5-13-42/h6-9,19,22,25H,3-5,10-18,20-21H2,1-2H3,(H,40,45)(H,41,46)/t25-/m0/s1. The van der Waals surface area contributed by atoms with Crippen LogP contribution in [0.15, 0.2) is 30.3 Å². The Morgan fingerprint density at radius 1 is 0.978 bits per heavy atom. The van der Waals surface area contributed by atoms with E-state index in [-0.39, 0.29) is 42.9 Å². The monoisotopic (exact) mass is 671 g/mol. The third-order valence-corrected chi connectivity index (χ3v) is 8.80. The van der Waals surface area contributed by atoms with E-state index in [0.717, 1.165) is 25.9 Å². The van der Waals surface area contributed by atoms with Crippen molar-refractivity contribution in [1.82, 2.24) is 15.1 Å². The number of likely N-dealkylation sites (tertiary alicyclic amines) is 1. The number of piperidine rings is 1. The van der Waals surface area contributed by atoms with E-state index in [9.17, 15) is 22.8 Å². The van der Waals surface area contributed by atoms with Crippen molar-refractivity contribution in [2.45, 2.75) is 71.1 Å². The smallest absolute Gasteiger partial charge is 0.367 e. The molecule has 2 heterocycles. The minimum atomic E-state index is -4.25. The van der Waals surface area contributed by atoms with E-state index in [1.54, 1.807) is 18.2 Å². The fourth-order valence-electron chi connectivity index (χ4n) is 6.13. The SMILES string of the molecule is CC(C)C[C@H]1CN(c2cc(Cl)ccc2NC(=O)c2ccc(CNC(=O)CCN3CCCCC3)c(F)c2F)CCN1CCC(F)(F)F. The van der Waals surface area contributed by atoms with Gasteiger partial charge in [0.05, 0.1) is 23.4 Å². The van der Waals surface area contributed by atoms with Gasteiger partial charge in [-0.15, -0.1) is 0 Å². The highest BCUT2D eigenvalue weighted by molar-refractivity contribution is 6.31. The lowest BCUT2D eigenvalue weighted by molar-refractivity contribution is -0.139. The van der Waals surface area contributed by atoms with Crippen LogP contribution in [0.3, 0.4) is 0 Å². The number of alkyl halides is 3. The van der Waals surface area contributed by atoms with Gasteiger partial charge in [-0.3, -0.25) is 14.5 Å². The third-order valence-electron chi connectivity index (χ3n) is 8.57. The number of hydrogen-bond acceptors (Lipinski definition) is 5. The van der Waals surface area contributed by atoms with Gasteiger partial charge in [0.2, 0.25) is 5.91 Å². The van der Waals surface area contributed by atoms with Crippen molar-refractivity contribution in [3.05, 3.63) is 58.1 Å². The van der Waals surface area contributed by atoms with Gasteiger partial charge in [0, 0.05) is 62.3 Å². The summed E-state index contributed by atoms with van der Waals surface area (Å²) in [5, 5.41) is 5.68. The van der Waals surface area contributed by atoms with Crippen molar-refractivity contribution in [1.29, 1.82) is 0 Å². The molecular formula is C33H43ClF5N5O2. The van der Waals surface area contributed by atoms with Crippen LogP contribution < -0.4 is 15.5 Å². The zero-order chi connectivity index (χ0) is 33.4. The van der Waals surface area contributed by atoms with Gasteiger partial charge in [-0.05, 0) is 62.5 Å². The van der Waals surface area contributed by atoms with Crippen LogP contribution >= 0.6 is 11.6 Å². The number of anilines is 2. The molecular weight excluding hydrogens is 629 g/mol. The second-order valence-electron chi connectivity index (χ2n) is 12.6. The van der Waals surface area contributed by atoms with Crippen LogP contribution in [0.1, 0.15) is 68.3 Å². The van der Waals surface area contributed by atoms with Crippen molar-refractivity contribution in [2.24, 2.45) is 5.92 Å². The van der Waals surface area contributed by atoms with E-state index in [1.165, 1.54) is 18.6 Å². The molecule has 46 heavy (non-hydrogen) atoms. The lowest BCUT2D eigenvalue weighted by atomic mass is 9.99. The fraction of sp³-hybridized carbons (Fsp3) is 0.576. The van der Waals surface area contributed by atoms with E-state index in [2.05, 4.69) is 15.5 Å². The average molecular weight is 672 g/mol. The first-order chi connectivity index (χ1) is 21.8. The predicted molar refractivity (Wildman–Crippen MR) is 170 cm³/mol. The number of rotatable bonds is 12. The molecule has 0 unspecified atom stereocenters. The summed E-state index contributed by atoms with van der Waals surface area (Å²) in [7, 11) is 0. The number of carbonyl (C=O) groups is 2. The van der Waals surface area contributed by atoms with Crippen molar-refractivity contribution >= 4 is 34.8 Å². The van der Waals surface area contributed by atoms with Gasteiger partial charge in [0.25, 0.3) is 5.91 Å². The minimum Gasteiger partial charge on any atom is -0.367 e. The van der Waals surface area contributed by atoms with E-state index in [1.807, 2.05) is 23.6 Å². The first kappa shape index (κ1) is 35.9. The van der Waals surface area contributed by atoms with Crippen LogP contribution in [0, 0.1) is 17.6 Å². The number of nitrogens with zero attached hydrogens (tertiary/aromatic N) is 3. The highest BCUT2D eigenvalue weighted by atomic mass is 35.5. The number of benzene rings is 2. The normalized spacial score (nSPS) is 18.2. The molecule has 4 rings (SSSR count). The number of halogens is 6. The van der Waals surface area contributed by atoms with Crippen LogP contribution in [0.5, 0.6) is 0 Å². The van der Waals surface area contributed by atoms with Gasteiger partial charge < -0.3 is 20.4 Å². The largest absolute Gasteiger partial charge is 0.390 e. The van der Waals surface area contributed by atoms with E-state index in [4.69, 9.17) is 11.6 Å². The second-order valence-corrected chi connectivity index (χ2v) is 13.0. The molecule has 1 atom stereocenters. The molecule has 2 aliphatic rings. The van der Waals surface area contributed by atoms with Crippen molar-refractivity contribution < 1.29 is 31.5 Å². The molecule has 13 heteroatoms. The molecule has 0 aliphatic carbocycles. The Bertz CT molecular complexity index is 1350. The zero-order valence-corrected chi connectivity index (χ0v) is 27.1. The zero-order valence-electron chi connectivity index (χ0n) is 26.4. The molecule has 2 aromatic rings. The van der Waals surface area contributed by atoms with Gasteiger partial charge in [-0.2, -0.15) is 13.2 Å². The first-order valence-electron chi connectivity index (χ1n) is 15.9. The average Bonchev–Trinajstić information content (AvgIpc) is 3.00.